The summed E-state index contributed by atoms with van der Waals surface area (Å²) in [4.78, 5) is 0. The van der Waals surface area contributed by atoms with Crippen LogP contribution in [0.4, 0.5) is 8.78 Å². The first-order valence-corrected chi connectivity index (χ1v) is 5.04. The van der Waals surface area contributed by atoms with Crippen molar-refractivity contribution in [3.05, 3.63) is 30.5 Å². The predicted octanol–water partition coefficient (Wildman–Crippen LogP) is 1.32. The Labute approximate surface area is 69.5 Å². The first-order chi connectivity index (χ1) is 5.35. The zero-order valence-corrected chi connectivity index (χ0v) is 7.11. The van der Waals surface area contributed by atoms with E-state index in [1.165, 1.54) is 0 Å². The number of sulfone groups is 1. The molecule has 0 aromatic heterocycles. The quantitative estimate of drug-likeness (QED) is 0.629. The van der Waals surface area contributed by atoms with Crippen LogP contribution in [-0.4, -0.2) is 19.7 Å². The first-order valence-electron chi connectivity index (χ1n) is 3.15. The summed E-state index contributed by atoms with van der Waals surface area (Å²) in [5, 5.41) is -2.69. The summed E-state index contributed by atoms with van der Waals surface area (Å²) in [6.45, 7) is 0. The minimum Gasteiger partial charge on any atom is -0.225 e. The molecule has 67 valence electrons. The van der Waals surface area contributed by atoms with Gasteiger partial charge < -0.3 is 0 Å². The maximum Gasteiger partial charge on any atom is 0.238 e. The van der Waals surface area contributed by atoms with Crippen LogP contribution in [0.5, 0.6) is 0 Å². The number of hydrogen-bond acceptors (Lipinski definition) is 2. The lowest BCUT2D eigenvalue weighted by molar-refractivity contribution is 0.363. The van der Waals surface area contributed by atoms with Gasteiger partial charge in [0.05, 0.1) is 6.42 Å². The molecule has 12 heavy (non-hydrogen) atoms. The van der Waals surface area contributed by atoms with Crippen LogP contribution in [0.15, 0.2) is 24.1 Å². The molecule has 1 unspecified atom stereocenters. The van der Waals surface area contributed by atoms with E-state index < -0.39 is 20.7 Å². The van der Waals surface area contributed by atoms with E-state index in [1.54, 1.807) is 0 Å². The second-order valence-electron chi connectivity index (χ2n) is 2.52. The van der Waals surface area contributed by atoms with Crippen molar-refractivity contribution in [2.24, 2.45) is 0 Å². The lowest BCUT2D eigenvalue weighted by Gasteiger charge is -2.19. The minimum absolute atomic E-state index is 0.433. The fraction of sp³-hybridized carbons (Fsp3) is 0.286. The number of hydrogen-bond donors (Lipinski definition) is 0. The van der Waals surface area contributed by atoms with Gasteiger partial charge in [0.1, 0.15) is 5.83 Å². The molecule has 0 amide bonds. The van der Waals surface area contributed by atoms with Gasteiger partial charge in [-0.2, -0.15) is 0 Å². The predicted molar refractivity (Wildman–Crippen MR) is 41.3 cm³/mol. The molecule has 2 nitrogen and oxygen atoms in total. The topological polar surface area (TPSA) is 34.1 Å². The molecular formula is C7H7F2O2S. The molecule has 1 aliphatic rings. The second kappa shape index (κ2) is 2.65. The zero-order valence-electron chi connectivity index (χ0n) is 6.29. The highest BCUT2D eigenvalue weighted by Gasteiger charge is 2.41. The van der Waals surface area contributed by atoms with Gasteiger partial charge in [-0.1, -0.05) is 6.08 Å². The number of allylic oxidation sites excluding steroid dienone is 3. The van der Waals surface area contributed by atoms with Crippen molar-refractivity contribution in [1.29, 1.82) is 0 Å². The SMILES string of the molecule is CS(=O)(=O)C1(F)[CH]C(F)=CC=C1. The molecule has 1 radical (unpaired) electrons. The molecule has 1 rings (SSSR count). The first kappa shape index (κ1) is 9.38. The van der Waals surface area contributed by atoms with Crippen molar-refractivity contribution in [2.45, 2.75) is 5.00 Å². The van der Waals surface area contributed by atoms with Gasteiger partial charge in [0, 0.05) is 6.26 Å². The standard InChI is InChI=1S/C7H7F2O2S/c1-12(10,11)7(9)4-2-3-6(8)5-7/h2-5H,1H3. The Morgan fingerprint density at radius 3 is 2.42 bits per heavy atom. The molecule has 0 N–H and O–H groups in total. The normalized spacial score (nSPS) is 30.1. The minimum atomic E-state index is -3.95. The van der Waals surface area contributed by atoms with E-state index in [2.05, 4.69) is 0 Å². The second-order valence-corrected chi connectivity index (χ2v) is 4.69. The summed E-state index contributed by atoms with van der Waals surface area (Å²) in [7, 11) is -3.95. The van der Waals surface area contributed by atoms with E-state index in [1.807, 2.05) is 0 Å². The molecule has 0 bridgehead atoms. The summed E-state index contributed by atoms with van der Waals surface area (Å²) < 4.78 is 47.4. The van der Waals surface area contributed by atoms with Crippen LogP contribution in [0.1, 0.15) is 0 Å². The highest BCUT2D eigenvalue weighted by molar-refractivity contribution is 7.92. The highest BCUT2D eigenvalue weighted by atomic mass is 32.2. The van der Waals surface area contributed by atoms with Gasteiger partial charge in [-0.3, -0.25) is 0 Å². The third-order valence-corrected chi connectivity index (χ3v) is 2.87. The van der Waals surface area contributed by atoms with Crippen molar-refractivity contribution in [3.63, 3.8) is 0 Å². The fourth-order valence-corrected chi connectivity index (χ4v) is 1.44. The van der Waals surface area contributed by atoms with Crippen LogP contribution < -0.4 is 0 Å². The van der Waals surface area contributed by atoms with Crippen molar-refractivity contribution in [2.75, 3.05) is 6.26 Å². The molecular weight excluding hydrogens is 186 g/mol. The number of rotatable bonds is 1. The van der Waals surface area contributed by atoms with E-state index in [0.29, 0.717) is 12.7 Å². The number of alkyl halides is 1. The summed E-state index contributed by atoms with van der Waals surface area (Å²) in [5.41, 5.74) is 0. The smallest absolute Gasteiger partial charge is 0.225 e. The van der Waals surface area contributed by atoms with Gasteiger partial charge in [-0.05, 0) is 12.2 Å². The van der Waals surface area contributed by atoms with Gasteiger partial charge in [-0.15, -0.1) is 0 Å². The van der Waals surface area contributed by atoms with Crippen molar-refractivity contribution in [1.82, 2.24) is 0 Å². The summed E-state index contributed by atoms with van der Waals surface area (Å²) in [5.74, 6) is -0.884. The Morgan fingerprint density at radius 2 is 2.08 bits per heavy atom. The lowest BCUT2D eigenvalue weighted by atomic mass is 10.1. The third-order valence-electron chi connectivity index (χ3n) is 1.48. The van der Waals surface area contributed by atoms with E-state index in [-0.39, 0.29) is 0 Å². The molecule has 1 atom stereocenters. The summed E-state index contributed by atoms with van der Waals surface area (Å²) >= 11 is 0. The maximum atomic E-state index is 13.3. The van der Waals surface area contributed by atoms with Crippen LogP contribution in [-0.2, 0) is 9.84 Å². The fourth-order valence-electron chi connectivity index (χ4n) is 0.786. The Balaban J connectivity index is 3.07. The van der Waals surface area contributed by atoms with Crippen LogP contribution in [0, 0.1) is 6.42 Å². The van der Waals surface area contributed by atoms with Crippen LogP contribution in [0.3, 0.4) is 0 Å². The average Bonchev–Trinajstić information content (AvgIpc) is 1.83. The molecule has 0 fully saturated rings. The highest BCUT2D eigenvalue weighted by Crippen LogP contribution is 2.31. The average molecular weight is 193 g/mol. The Hall–Kier alpha value is -0.710. The van der Waals surface area contributed by atoms with Gasteiger partial charge >= 0.3 is 0 Å². The number of halogens is 2. The van der Waals surface area contributed by atoms with Gasteiger partial charge in [0.15, 0.2) is 9.84 Å². The zero-order chi connectivity index (χ0) is 9.41. The van der Waals surface area contributed by atoms with Crippen molar-refractivity contribution >= 4 is 9.84 Å². The van der Waals surface area contributed by atoms with Crippen LogP contribution >= 0.6 is 0 Å². The Kier molecular flexibility index (Phi) is 2.07. The Morgan fingerprint density at radius 1 is 1.50 bits per heavy atom. The lowest BCUT2D eigenvalue weighted by Crippen LogP contribution is -2.32. The van der Waals surface area contributed by atoms with Gasteiger partial charge in [-0.25, -0.2) is 17.2 Å². The van der Waals surface area contributed by atoms with Crippen molar-refractivity contribution in [3.8, 4) is 0 Å². The summed E-state index contributed by atoms with van der Waals surface area (Å²) in [6.07, 6.45) is 3.97. The van der Waals surface area contributed by atoms with E-state index in [0.717, 1.165) is 18.2 Å². The van der Waals surface area contributed by atoms with Crippen molar-refractivity contribution < 1.29 is 17.2 Å². The van der Waals surface area contributed by atoms with E-state index >= 15 is 0 Å². The van der Waals surface area contributed by atoms with Crippen LogP contribution in [0.2, 0.25) is 0 Å². The molecule has 0 aliphatic heterocycles. The third kappa shape index (κ3) is 1.55. The maximum absolute atomic E-state index is 13.3. The summed E-state index contributed by atoms with van der Waals surface area (Å²) in [6, 6.07) is 0. The van der Waals surface area contributed by atoms with E-state index in [4.69, 9.17) is 0 Å². The van der Waals surface area contributed by atoms with Gasteiger partial charge in [0.2, 0.25) is 5.00 Å². The molecule has 0 spiro atoms. The molecule has 0 aromatic rings. The molecule has 0 saturated carbocycles. The van der Waals surface area contributed by atoms with Crippen LogP contribution in [0.25, 0.3) is 0 Å². The largest absolute Gasteiger partial charge is 0.238 e. The molecule has 0 heterocycles. The Bertz CT molecular complexity index is 342. The molecule has 0 saturated heterocycles. The molecule has 1 aliphatic carbocycles. The van der Waals surface area contributed by atoms with E-state index in [9.17, 15) is 17.2 Å². The van der Waals surface area contributed by atoms with Gasteiger partial charge in [0.25, 0.3) is 0 Å². The monoisotopic (exact) mass is 193 g/mol. The molecule has 5 heteroatoms. The molecule has 0 aromatic carbocycles.